The Balaban J connectivity index is 2.03. The normalized spacial score (nSPS) is 13.7. The molecule has 0 N–H and O–H groups in total. The molecule has 1 fully saturated rings. The number of para-hydroxylation sites is 1. The number of rotatable bonds is 5. The predicted octanol–water partition coefficient (Wildman–Crippen LogP) is 3.61. The molecule has 0 unspecified atom stereocenters. The number of anilines is 1. The summed E-state index contributed by atoms with van der Waals surface area (Å²) in [5.74, 6) is -1.53. The number of halogens is 2. The maximum Gasteiger partial charge on any atom is 0.270 e. The Hall–Kier alpha value is -3.00. The van der Waals surface area contributed by atoms with Crippen LogP contribution in [0.5, 0.6) is 0 Å². The van der Waals surface area contributed by atoms with Gasteiger partial charge < -0.3 is 4.90 Å². The van der Waals surface area contributed by atoms with Crippen LogP contribution in [0.25, 0.3) is 0 Å². The van der Waals surface area contributed by atoms with Gasteiger partial charge in [-0.15, -0.1) is 0 Å². The van der Waals surface area contributed by atoms with E-state index in [-0.39, 0.29) is 34.5 Å². The zero-order chi connectivity index (χ0) is 19.6. The first kappa shape index (κ1) is 18.8. The highest BCUT2D eigenvalue weighted by atomic mass is 35.5. The number of carbonyl (C=O) groups excluding carboxylic acids is 2. The van der Waals surface area contributed by atoms with Crippen LogP contribution in [-0.2, 0) is 4.79 Å². The lowest BCUT2D eigenvalue weighted by molar-refractivity contribution is -0.384. The second kappa shape index (κ2) is 7.71. The van der Waals surface area contributed by atoms with Crippen LogP contribution in [0.4, 0.5) is 15.8 Å². The highest BCUT2D eigenvalue weighted by Crippen LogP contribution is 2.28. The smallest absolute Gasteiger partial charge is 0.270 e. The molecule has 2 amide bonds. The second-order valence-electron chi connectivity index (χ2n) is 6.01. The van der Waals surface area contributed by atoms with Crippen LogP contribution in [0.15, 0.2) is 42.5 Å². The number of likely N-dealkylation sites (tertiary alicyclic amines) is 1. The molecule has 0 radical (unpaired) electrons. The Bertz CT molecular complexity index is 921. The average Bonchev–Trinajstić information content (AvgIpc) is 3.05. The number of hydrogen-bond donors (Lipinski definition) is 0. The summed E-state index contributed by atoms with van der Waals surface area (Å²) in [4.78, 5) is 38.0. The summed E-state index contributed by atoms with van der Waals surface area (Å²) in [6, 6.07) is 9.09. The largest absolute Gasteiger partial charge is 0.324 e. The fourth-order valence-corrected chi connectivity index (χ4v) is 3.08. The summed E-state index contributed by atoms with van der Waals surface area (Å²) < 4.78 is 14.4. The van der Waals surface area contributed by atoms with Gasteiger partial charge in [0.2, 0.25) is 5.91 Å². The van der Waals surface area contributed by atoms with Crippen LogP contribution in [-0.4, -0.2) is 34.9 Å². The summed E-state index contributed by atoms with van der Waals surface area (Å²) in [6.07, 6.45) is 1.01. The Morgan fingerprint density at radius 3 is 2.67 bits per heavy atom. The number of nitro benzene ring substituents is 1. The van der Waals surface area contributed by atoms with E-state index in [0.717, 1.165) is 11.0 Å². The van der Waals surface area contributed by atoms with E-state index in [1.54, 1.807) is 6.07 Å². The molecule has 0 aromatic heterocycles. The van der Waals surface area contributed by atoms with E-state index < -0.39 is 16.6 Å². The highest BCUT2D eigenvalue weighted by Gasteiger charge is 2.29. The fraction of sp³-hybridized carbons (Fsp3) is 0.222. The van der Waals surface area contributed by atoms with Crippen molar-refractivity contribution in [1.29, 1.82) is 0 Å². The van der Waals surface area contributed by atoms with Crippen molar-refractivity contribution in [3.8, 4) is 0 Å². The van der Waals surface area contributed by atoms with Crippen molar-refractivity contribution in [2.24, 2.45) is 0 Å². The molecule has 2 aromatic rings. The Morgan fingerprint density at radius 1 is 1.30 bits per heavy atom. The molecular weight excluding hydrogens is 377 g/mol. The van der Waals surface area contributed by atoms with Crippen molar-refractivity contribution in [2.75, 3.05) is 18.1 Å². The Morgan fingerprint density at radius 2 is 2.04 bits per heavy atom. The zero-order valence-corrected chi connectivity index (χ0v) is 14.9. The molecule has 1 saturated heterocycles. The van der Waals surface area contributed by atoms with Gasteiger partial charge in [-0.2, -0.15) is 0 Å². The first-order valence-corrected chi connectivity index (χ1v) is 8.54. The van der Waals surface area contributed by atoms with E-state index >= 15 is 0 Å². The molecule has 2 aromatic carbocycles. The number of non-ortho nitro benzene ring substituents is 1. The number of carbonyl (C=O) groups is 2. The third-order valence-electron chi connectivity index (χ3n) is 4.26. The van der Waals surface area contributed by atoms with Gasteiger partial charge >= 0.3 is 0 Å². The molecule has 7 nitrogen and oxygen atoms in total. The Labute approximate surface area is 159 Å². The minimum atomic E-state index is -0.728. The SMILES string of the molecule is O=C1CCCN1CN(C(=O)c1cc([N+](=O)[O-])ccc1Cl)c1ccccc1F. The number of hydrogen-bond acceptors (Lipinski definition) is 4. The molecule has 0 spiro atoms. The van der Waals surface area contributed by atoms with Gasteiger partial charge in [0.1, 0.15) is 12.5 Å². The predicted molar refractivity (Wildman–Crippen MR) is 97.1 cm³/mol. The third kappa shape index (κ3) is 3.90. The zero-order valence-electron chi connectivity index (χ0n) is 14.1. The van der Waals surface area contributed by atoms with E-state index in [1.165, 1.54) is 35.2 Å². The first-order valence-electron chi connectivity index (χ1n) is 8.16. The fourth-order valence-electron chi connectivity index (χ4n) is 2.88. The number of benzene rings is 2. The van der Waals surface area contributed by atoms with Gasteiger partial charge in [0, 0.05) is 25.1 Å². The molecule has 0 saturated carbocycles. The molecule has 3 rings (SSSR count). The average molecular weight is 392 g/mol. The molecule has 140 valence electrons. The van der Waals surface area contributed by atoms with Crippen molar-refractivity contribution < 1.29 is 18.9 Å². The van der Waals surface area contributed by atoms with Crippen LogP contribution < -0.4 is 4.90 Å². The molecular formula is C18H15ClFN3O4. The molecule has 1 heterocycles. The monoisotopic (exact) mass is 391 g/mol. The highest BCUT2D eigenvalue weighted by molar-refractivity contribution is 6.34. The van der Waals surface area contributed by atoms with Crippen LogP contribution >= 0.6 is 11.6 Å². The quantitative estimate of drug-likeness (QED) is 0.575. The van der Waals surface area contributed by atoms with Gasteiger partial charge in [-0.05, 0) is 24.6 Å². The van der Waals surface area contributed by atoms with E-state index in [9.17, 15) is 24.1 Å². The van der Waals surface area contributed by atoms with Gasteiger partial charge in [0.15, 0.2) is 0 Å². The lowest BCUT2D eigenvalue weighted by atomic mass is 10.1. The van der Waals surface area contributed by atoms with Gasteiger partial charge in [-0.25, -0.2) is 4.39 Å². The first-order chi connectivity index (χ1) is 12.9. The van der Waals surface area contributed by atoms with Crippen LogP contribution in [0.1, 0.15) is 23.2 Å². The molecule has 1 aliphatic rings. The van der Waals surface area contributed by atoms with Crippen LogP contribution in [0.2, 0.25) is 5.02 Å². The molecule has 27 heavy (non-hydrogen) atoms. The van der Waals surface area contributed by atoms with Gasteiger partial charge in [-0.1, -0.05) is 23.7 Å². The third-order valence-corrected chi connectivity index (χ3v) is 4.59. The van der Waals surface area contributed by atoms with E-state index in [4.69, 9.17) is 11.6 Å². The van der Waals surface area contributed by atoms with Crippen molar-refractivity contribution in [3.63, 3.8) is 0 Å². The number of nitrogens with zero attached hydrogens (tertiary/aromatic N) is 3. The number of amides is 2. The van der Waals surface area contributed by atoms with E-state index in [2.05, 4.69) is 0 Å². The molecule has 9 heteroatoms. The molecule has 1 aliphatic heterocycles. The maximum absolute atomic E-state index is 14.4. The lowest BCUT2D eigenvalue weighted by Crippen LogP contribution is -2.42. The summed E-state index contributed by atoms with van der Waals surface area (Å²) in [5, 5.41) is 11.0. The van der Waals surface area contributed by atoms with Crippen LogP contribution in [0, 0.1) is 15.9 Å². The molecule has 0 aliphatic carbocycles. The number of nitro groups is 1. The summed E-state index contributed by atoms with van der Waals surface area (Å²) >= 11 is 6.07. The minimum absolute atomic E-state index is 0.000289. The van der Waals surface area contributed by atoms with Gasteiger partial charge in [0.05, 0.1) is 21.2 Å². The van der Waals surface area contributed by atoms with Gasteiger partial charge in [0.25, 0.3) is 11.6 Å². The van der Waals surface area contributed by atoms with E-state index in [1.807, 2.05) is 0 Å². The molecule has 0 bridgehead atoms. The van der Waals surface area contributed by atoms with Crippen molar-refractivity contribution in [3.05, 3.63) is 69.0 Å². The summed E-state index contributed by atoms with van der Waals surface area (Å²) in [5.41, 5.74) is -0.487. The minimum Gasteiger partial charge on any atom is -0.324 e. The van der Waals surface area contributed by atoms with Crippen molar-refractivity contribution in [2.45, 2.75) is 12.8 Å². The maximum atomic E-state index is 14.4. The van der Waals surface area contributed by atoms with Crippen molar-refractivity contribution in [1.82, 2.24) is 4.90 Å². The summed E-state index contributed by atoms with van der Waals surface area (Å²) in [6.45, 7) is 0.275. The second-order valence-corrected chi connectivity index (χ2v) is 6.42. The van der Waals surface area contributed by atoms with Crippen molar-refractivity contribution >= 4 is 34.8 Å². The van der Waals surface area contributed by atoms with Gasteiger partial charge in [-0.3, -0.25) is 24.6 Å². The molecule has 0 atom stereocenters. The Kier molecular flexibility index (Phi) is 5.36. The standard InChI is InChI=1S/C18H15ClFN3O4/c19-14-8-7-12(23(26)27)10-13(14)18(25)22(11-21-9-3-6-17(21)24)16-5-2-1-4-15(16)20/h1-2,4-5,7-8,10H,3,6,9,11H2. The van der Waals surface area contributed by atoms with E-state index in [0.29, 0.717) is 19.4 Å². The van der Waals surface area contributed by atoms with Crippen LogP contribution in [0.3, 0.4) is 0 Å². The summed E-state index contributed by atoms with van der Waals surface area (Å²) in [7, 11) is 0. The lowest BCUT2D eigenvalue weighted by Gasteiger charge is -2.28. The topological polar surface area (TPSA) is 83.8 Å².